The summed E-state index contributed by atoms with van der Waals surface area (Å²) in [6.45, 7) is 1.93. The Bertz CT molecular complexity index is 992. The molecule has 0 aliphatic carbocycles. The highest BCUT2D eigenvalue weighted by Gasteiger charge is 2.35. The monoisotopic (exact) mass is 360 g/mol. The molecule has 1 aliphatic rings. The van der Waals surface area contributed by atoms with Crippen molar-refractivity contribution in [1.82, 2.24) is 5.01 Å². The number of carbonyl (C=O) groups excluding carboxylic acids is 1. The molecule has 27 heavy (non-hydrogen) atoms. The molecule has 1 aliphatic heterocycles. The Morgan fingerprint density at radius 2 is 2.00 bits per heavy atom. The smallest absolute Gasteiger partial charge is 0.274 e. The minimum Gasteiger partial charge on any atom is -0.497 e. The van der Waals surface area contributed by atoms with E-state index >= 15 is 0 Å². The lowest BCUT2D eigenvalue weighted by Crippen LogP contribution is -2.27. The van der Waals surface area contributed by atoms with Gasteiger partial charge in [0.2, 0.25) is 0 Å². The molecule has 0 saturated carbocycles. The van der Waals surface area contributed by atoms with E-state index in [1.165, 1.54) is 0 Å². The highest BCUT2D eigenvalue weighted by Crippen LogP contribution is 2.35. The lowest BCUT2D eigenvalue weighted by Gasteiger charge is -2.23. The number of nitrogens with zero attached hydrogens (tertiary/aromatic N) is 2. The maximum atomic E-state index is 13.3. The molecule has 0 saturated heterocycles. The van der Waals surface area contributed by atoms with Gasteiger partial charge in [0, 0.05) is 12.0 Å². The van der Waals surface area contributed by atoms with Gasteiger partial charge in [-0.25, -0.2) is 5.01 Å². The van der Waals surface area contributed by atoms with Gasteiger partial charge in [-0.2, -0.15) is 5.10 Å². The first-order valence-electron chi connectivity index (χ1n) is 8.82. The van der Waals surface area contributed by atoms with Crippen molar-refractivity contribution < 1.29 is 13.9 Å². The second-order valence-corrected chi connectivity index (χ2v) is 6.49. The molecule has 1 aromatic heterocycles. The van der Waals surface area contributed by atoms with Crippen molar-refractivity contribution in [2.45, 2.75) is 19.4 Å². The number of hydrogen-bond donors (Lipinski definition) is 0. The summed E-state index contributed by atoms with van der Waals surface area (Å²) in [5, 5.41) is 6.19. The van der Waals surface area contributed by atoms with Gasteiger partial charge in [0.1, 0.15) is 17.2 Å². The van der Waals surface area contributed by atoms with Crippen molar-refractivity contribution in [3.05, 3.63) is 89.4 Å². The quantitative estimate of drug-likeness (QED) is 0.684. The number of amides is 1. The Morgan fingerprint density at radius 3 is 2.74 bits per heavy atom. The molecule has 5 heteroatoms. The summed E-state index contributed by atoms with van der Waals surface area (Å²) in [5.41, 5.74) is 3.31. The molecule has 0 spiro atoms. The third-order valence-corrected chi connectivity index (χ3v) is 4.78. The molecule has 2 heterocycles. The summed E-state index contributed by atoms with van der Waals surface area (Å²) in [7, 11) is 1.63. The van der Waals surface area contributed by atoms with Gasteiger partial charge in [-0.3, -0.25) is 4.79 Å². The van der Waals surface area contributed by atoms with Gasteiger partial charge >= 0.3 is 0 Å². The van der Waals surface area contributed by atoms with E-state index in [0.29, 0.717) is 17.7 Å². The molecule has 0 radical (unpaired) electrons. The summed E-state index contributed by atoms with van der Waals surface area (Å²) in [5.74, 6) is 1.31. The molecule has 3 aromatic rings. The van der Waals surface area contributed by atoms with Crippen LogP contribution in [0.2, 0.25) is 0 Å². The number of rotatable bonds is 4. The summed E-state index contributed by atoms with van der Waals surface area (Å²) in [6.07, 6.45) is 2.20. The normalized spacial score (nSPS) is 16.3. The van der Waals surface area contributed by atoms with Gasteiger partial charge in [-0.15, -0.1) is 0 Å². The fourth-order valence-electron chi connectivity index (χ4n) is 3.33. The maximum Gasteiger partial charge on any atom is 0.274 e. The molecule has 5 nitrogen and oxygen atoms in total. The van der Waals surface area contributed by atoms with E-state index in [4.69, 9.17) is 9.15 Å². The SMILES string of the molecule is COc1cccc(C2CC(c3ccco3)=NN2C(=O)c2ccccc2C)c1. The van der Waals surface area contributed by atoms with Gasteiger partial charge in [-0.1, -0.05) is 30.3 Å². The summed E-state index contributed by atoms with van der Waals surface area (Å²) < 4.78 is 10.9. The van der Waals surface area contributed by atoms with Crippen molar-refractivity contribution >= 4 is 11.6 Å². The molecule has 1 amide bonds. The van der Waals surface area contributed by atoms with E-state index < -0.39 is 0 Å². The second-order valence-electron chi connectivity index (χ2n) is 6.49. The van der Waals surface area contributed by atoms with Gasteiger partial charge in [-0.05, 0) is 48.4 Å². The number of benzene rings is 2. The van der Waals surface area contributed by atoms with Crippen LogP contribution >= 0.6 is 0 Å². The number of ether oxygens (including phenoxy) is 1. The fraction of sp³-hybridized carbons (Fsp3) is 0.182. The molecule has 0 N–H and O–H groups in total. The zero-order chi connectivity index (χ0) is 18.8. The minimum absolute atomic E-state index is 0.123. The van der Waals surface area contributed by atoms with Crippen LogP contribution in [0.15, 0.2) is 76.4 Å². The van der Waals surface area contributed by atoms with Crippen molar-refractivity contribution in [2.75, 3.05) is 7.11 Å². The number of carbonyl (C=O) groups is 1. The van der Waals surface area contributed by atoms with E-state index in [2.05, 4.69) is 5.10 Å². The first-order chi connectivity index (χ1) is 13.2. The largest absolute Gasteiger partial charge is 0.497 e. The van der Waals surface area contributed by atoms with Crippen molar-refractivity contribution in [2.24, 2.45) is 5.10 Å². The Labute approximate surface area is 157 Å². The van der Waals surface area contributed by atoms with Crippen LogP contribution < -0.4 is 4.74 Å². The average molecular weight is 360 g/mol. The van der Waals surface area contributed by atoms with Gasteiger partial charge in [0.15, 0.2) is 0 Å². The van der Waals surface area contributed by atoms with Gasteiger partial charge in [0.05, 0.1) is 19.4 Å². The number of furan rings is 1. The van der Waals surface area contributed by atoms with Crippen LogP contribution in [0, 0.1) is 6.92 Å². The topological polar surface area (TPSA) is 55.0 Å². The highest BCUT2D eigenvalue weighted by atomic mass is 16.5. The molecular weight excluding hydrogens is 340 g/mol. The van der Waals surface area contributed by atoms with Crippen LogP contribution in [0.1, 0.15) is 39.7 Å². The van der Waals surface area contributed by atoms with E-state index in [9.17, 15) is 4.79 Å². The van der Waals surface area contributed by atoms with Crippen molar-refractivity contribution in [3.63, 3.8) is 0 Å². The van der Waals surface area contributed by atoms with E-state index in [-0.39, 0.29) is 11.9 Å². The summed E-state index contributed by atoms with van der Waals surface area (Å²) >= 11 is 0. The lowest BCUT2D eigenvalue weighted by molar-refractivity contribution is 0.0710. The molecule has 2 aromatic carbocycles. The number of hydrazone groups is 1. The van der Waals surface area contributed by atoms with Crippen LogP contribution in [0.4, 0.5) is 0 Å². The second kappa shape index (κ2) is 7.11. The first-order valence-corrected chi connectivity index (χ1v) is 8.82. The van der Waals surface area contributed by atoms with Crippen molar-refractivity contribution in [3.8, 4) is 5.75 Å². The fourth-order valence-corrected chi connectivity index (χ4v) is 3.33. The standard InChI is InChI=1S/C22H20N2O3/c1-15-7-3-4-10-18(15)22(25)24-20(16-8-5-9-17(13-16)26-2)14-19(23-24)21-11-6-12-27-21/h3-13,20H,14H2,1-2H3. The number of hydrogen-bond acceptors (Lipinski definition) is 4. The van der Waals surface area contributed by atoms with E-state index in [1.54, 1.807) is 18.4 Å². The van der Waals surface area contributed by atoms with Crippen LogP contribution in [0.5, 0.6) is 5.75 Å². The van der Waals surface area contributed by atoms with Crippen LogP contribution in [-0.2, 0) is 0 Å². The highest BCUT2D eigenvalue weighted by molar-refractivity contribution is 6.03. The summed E-state index contributed by atoms with van der Waals surface area (Å²) in [6, 6.07) is 18.8. The average Bonchev–Trinajstić information content (AvgIpc) is 3.37. The number of aryl methyl sites for hydroxylation is 1. The molecule has 1 unspecified atom stereocenters. The Balaban J connectivity index is 1.75. The molecule has 4 rings (SSSR count). The maximum absolute atomic E-state index is 13.3. The van der Waals surface area contributed by atoms with E-state index in [0.717, 1.165) is 22.6 Å². The minimum atomic E-state index is -0.215. The Kier molecular flexibility index (Phi) is 4.50. The van der Waals surface area contributed by atoms with Crippen LogP contribution in [0.3, 0.4) is 0 Å². The van der Waals surface area contributed by atoms with Crippen LogP contribution in [-0.4, -0.2) is 23.7 Å². The predicted molar refractivity (Wildman–Crippen MR) is 103 cm³/mol. The zero-order valence-corrected chi connectivity index (χ0v) is 15.3. The van der Waals surface area contributed by atoms with Crippen molar-refractivity contribution in [1.29, 1.82) is 0 Å². The third kappa shape index (κ3) is 3.24. The molecule has 0 bridgehead atoms. The zero-order valence-electron chi connectivity index (χ0n) is 15.3. The Hall–Kier alpha value is -3.34. The Morgan fingerprint density at radius 1 is 1.15 bits per heavy atom. The summed E-state index contributed by atoms with van der Waals surface area (Å²) in [4.78, 5) is 13.3. The lowest BCUT2D eigenvalue weighted by atomic mass is 9.99. The third-order valence-electron chi connectivity index (χ3n) is 4.78. The van der Waals surface area contributed by atoms with Gasteiger partial charge < -0.3 is 9.15 Å². The molecular formula is C22H20N2O3. The molecule has 0 fully saturated rings. The van der Waals surface area contributed by atoms with Crippen LogP contribution in [0.25, 0.3) is 0 Å². The first kappa shape index (κ1) is 17.1. The molecule has 136 valence electrons. The molecule has 1 atom stereocenters. The van der Waals surface area contributed by atoms with E-state index in [1.807, 2.05) is 67.6 Å². The van der Waals surface area contributed by atoms with Gasteiger partial charge in [0.25, 0.3) is 5.91 Å². The number of methoxy groups -OCH3 is 1. The predicted octanol–water partition coefficient (Wildman–Crippen LogP) is 4.59.